The van der Waals surface area contributed by atoms with Crippen molar-refractivity contribution in [3.05, 3.63) is 72.9 Å². The van der Waals surface area contributed by atoms with E-state index in [4.69, 9.17) is 14.2 Å². The summed E-state index contributed by atoms with van der Waals surface area (Å²) >= 11 is 0. The van der Waals surface area contributed by atoms with Crippen LogP contribution in [0, 0.1) is 0 Å². The lowest BCUT2D eigenvalue weighted by Crippen LogP contribution is -2.61. The number of carbonyl (C=O) groups is 2. The van der Waals surface area contributed by atoms with Crippen LogP contribution in [-0.2, 0) is 23.8 Å². The monoisotopic (exact) mass is 1100 g/mol. The SMILES string of the molecule is CC/C=C/C/C=C/CCCCCCCCCC(=O)OC1C(OCC(NC(=O)C(O)CCCCCCCCCCCCC/C=C\C/C=C\C/C=C\CCCCC)C(O)/C=C/CCCCCCCCCCC)OC(CO)C(O)C1O. The molecule has 0 aromatic heterocycles. The van der Waals surface area contributed by atoms with Gasteiger partial charge in [-0.15, -0.1) is 0 Å². The molecule has 1 aliphatic rings. The molecule has 0 radical (unpaired) electrons. The normalized spacial score (nSPS) is 19.4. The van der Waals surface area contributed by atoms with Crippen LogP contribution in [-0.4, -0.2) is 99.6 Å². The van der Waals surface area contributed by atoms with Crippen molar-refractivity contribution in [1.82, 2.24) is 5.32 Å². The van der Waals surface area contributed by atoms with Crippen molar-refractivity contribution in [2.75, 3.05) is 13.2 Å². The molecule has 1 heterocycles. The first-order valence-electron chi connectivity index (χ1n) is 32.2. The Morgan fingerprint density at radius 1 is 0.513 bits per heavy atom. The molecule has 78 heavy (non-hydrogen) atoms. The second-order valence-corrected chi connectivity index (χ2v) is 22.1. The number of rotatable bonds is 54. The van der Waals surface area contributed by atoms with E-state index < -0.39 is 67.4 Å². The molecule has 1 rings (SSSR count). The van der Waals surface area contributed by atoms with Gasteiger partial charge in [0.05, 0.1) is 25.4 Å². The molecule has 452 valence electrons. The summed E-state index contributed by atoms with van der Waals surface area (Å²) in [7, 11) is 0. The fourth-order valence-electron chi connectivity index (χ4n) is 9.76. The fourth-order valence-corrected chi connectivity index (χ4v) is 9.76. The van der Waals surface area contributed by atoms with Gasteiger partial charge in [-0.3, -0.25) is 9.59 Å². The Hall–Kier alpha value is -2.90. The Balaban J connectivity index is 2.60. The minimum atomic E-state index is -1.62. The fraction of sp³-hybridized carbons (Fsp3) is 0.791. The number of ether oxygens (including phenoxy) is 3. The first-order chi connectivity index (χ1) is 38.2. The van der Waals surface area contributed by atoms with Crippen molar-refractivity contribution >= 4 is 11.9 Å². The van der Waals surface area contributed by atoms with Crippen LogP contribution in [0.5, 0.6) is 0 Å². The van der Waals surface area contributed by atoms with Gasteiger partial charge in [0.2, 0.25) is 5.91 Å². The highest BCUT2D eigenvalue weighted by Gasteiger charge is 2.47. The van der Waals surface area contributed by atoms with Gasteiger partial charge in [-0.25, -0.2) is 0 Å². The van der Waals surface area contributed by atoms with Crippen LogP contribution in [0.25, 0.3) is 0 Å². The number of amides is 1. The van der Waals surface area contributed by atoms with E-state index in [0.717, 1.165) is 103 Å². The summed E-state index contributed by atoms with van der Waals surface area (Å²) in [6.45, 7) is 5.65. The molecule has 6 N–H and O–H groups in total. The molecule has 1 amide bonds. The summed E-state index contributed by atoms with van der Waals surface area (Å²) in [6.07, 6.45) is 59.5. The number of hydrogen-bond donors (Lipinski definition) is 6. The Kier molecular flexibility index (Phi) is 51.3. The van der Waals surface area contributed by atoms with E-state index >= 15 is 0 Å². The molecule has 0 saturated carbocycles. The number of esters is 1. The highest BCUT2D eigenvalue weighted by molar-refractivity contribution is 5.80. The summed E-state index contributed by atoms with van der Waals surface area (Å²) in [5.41, 5.74) is 0. The molecule has 0 spiro atoms. The molecule has 8 atom stereocenters. The van der Waals surface area contributed by atoms with Gasteiger partial charge in [-0.05, 0) is 89.9 Å². The number of carbonyl (C=O) groups excluding carboxylic acids is 2. The first-order valence-corrected chi connectivity index (χ1v) is 32.2. The number of unbranched alkanes of at least 4 members (excludes halogenated alkanes) is 30. The van der Waals surface area contributed by atoms with Gasteiger partial charge in [-0.2, -0.15) is 0 Å². The van der Waals surface area contributed by atoms with E-state index in [-0.39, 0.29) is 19.4 Å². The standard InChI is InChI=1S/C67H119NO10/c1-4-7-10-13-16-19-22-24-26-27-28-29-30-31-32-33-34-35-36-39-42-45-48-51-54-60(71)66(75)68-58(59(70)53-50-47-44-41-38-21-18-15-12-9-6-3)57-76-67-65(64(74)63(73)61(56-69)77-67)78-62(72)55-52-49-46-43-40-37-25-23-20-17-14-11-8-5-2/h8,11,16-17,19-20,24,26,28-29,50,53,58-61,63-65,67,69-71,73-74H,4-7,9-10,12-15,18,21-23,25,27,30-49,51-52,54-57H2,1-3H3,(H,68,75)/b11-8+,19-16-,20-17+,26-24-,29-28-,53-50+. The molecule has 1 aliphatic heterocycles. The molecule has 0 aliphatic carbocycles. The Morgan fingerprint density at radius 2 is 0.923 bits per heavy atom. The van der Waals surface area contributed by atoms with Gasteiger partial charge >= 0.3 is 5.97 Å². The maximum atomic E-state index is 13.4. The molecular weight excluding hydrogens is 979 g/mol. The van der Waals surface area contributed by atoms with E-state index in [1.54, 1.807) is 6.08 Å². The smallest absolute Gasteiger partial charge is 0.306 e. The minimum absolute atomic E-state index is 0.113. The summed E-state index contributed by atoms with van der Waals surface area (Å²) in [5.74, 6) is -1.20. The van der Waals surface area contributed by atoms with Gasteiger partial charge in [0.25, 0.3) is 0 Å². The number of aliphatic hydroxyl groups is 5. The number of allylic oxidation sites excluding steroid dienone is 11. The quantitative estimate of drug-likeness (QED) is 0.0195. The van der Waals surface area contributed by atoms with Crippen LogP contribution in [0.2, 0.25) is 0 Å². The zero-order chi connectivity index (χ0) is 56.8. The lowest BCUT2D eigenvalue weighted by Gasteiger charge is -2.41. The van der Waals surface area contributed by atoms with E-state index in [1.807, 2.05) is 6.08 Å². The lowest BCUT2D eigenvalue weighted by atomic mass is 9.99. The second-order valence-electron chi connectivity index (χ2n) is 22.1. The van der Waals surface area contributed by atoms with Crippen LogP contribution < -0.4 is 5.32 Å². The molecule has 11 nitrogen and oxygen atoms in total. The van der Waals surface area contributed by atoms with E-state index in [2.05, 4.69) is 86.8 Å². The lowest BCUT2D eigenvalue weighted by molar-refractivity contribution is -0.305. The Labute approximate surface area is 477 Å². The topological polar surface area (TPSA) is 175 Å². The zero-order valence-corrected chi connectivity index (χ0v) is 50.0. The van der Waals surface area contributed by atoms with Crippen LogP contribution in [0.15, 0.2) is 72.9 Å². The van der Waals surface area contributed by atoms with Gasteiger partial charge in [0.15, 0.2) is 12.4 Å². The minimum Gasteiger partial charge on any atom is -0.454 e. The van der Waals surface area contributed by atoms with Crippen molar-refractivity contribution in [3.63, 3.8) is 0 Å². The maximum Gasteiger partial charge on any atom is 0.306 e. The molecule has 1 saturated heterocycles. The van der Waals surface area contributed by atoms with Crippen LogP contribution >= 0.6 is 0 Å². The highest BCUT2D eigenvalue weighted by Crippen LogP contribution is 2.26. The summed E-state index contributed by atoms with van der Waals surface area (Å²) in [4.78, 5) is 26.5. The molecule has 1 fully saturated rings. The Bertz CT molecular complexity index is 1540. The predicted molar refractivity (Wildman–Crippen MR) is 324 cm³/mol. The van der Waals surface area contributed by atoms with Crippen LogP contribution in [0.1, 0.15) is 278 Å². The van der Waals surface area contributed by atoms with E-state index in [9.17, 15) is 35.1 Å². The molecular formula is C67H119NO10. The van der Waals surface area contributed by atoms with Crippen molar-refractivity contribution in [2.24, 2.45) is 0 Å². The highest BCUT2D eigenvalue weighted by atomic mass is 16.7. The average molecular weight is 1100 g/mol. The third-order valence-corrected chi connectivity index (χ3v) is 14.8. The summed E-state index contributed by atoms with van der Waals surface area (Å²) in [6, 6.07) is -1.03. The zero-order valence-electron chi connectivity index (χ0n) is 50.0. The molecule has 0 bridgehead atoms. The second kappa shape index (κ2) is 54.7. The number of aliphatic hydroxyl groups excluding tert-OH is 5. The third kappa shape index (κ3) is 42.0. The first kappa shape index (κ1) is 73.1. The van der Waals surface area contributed by atoms with Crippen molar-refractivity contribution < 1.29 is 49.3 Å². The van der Waals surface area contributed by atoms with Gasteiger partial charge in [0, 0.05) is 6.42 Å². The summed E-state index contributed by atoms with van der Waals surface area (Å²) < 4.78 is 17.6. The number of hydrogen-bond acceptors (Lipinski definition) is 10. The van der Waals surface area contributed by atoms with Gasteiger partial charge in [0.1, 0.15) is 24.4 Å². The largest absolute Gasteiger partial charge is 0.454 e. The van der Waals surface area contributed by atoms with E-state index in [0.29, 0.717) is 12.8 Å². The van der Waals surface area contributed by atoms with Crippen molar-refractivity contribution in [3.8, 4) is 0 Å². The van der Waals surface area contributed by atoms with Gasteiger partial charge in [-0.1, -0.05) is 254 Å². The molecule has 0 aromatic carbocycles. The van der Waals surface area contributed by atoms with Crippen molar-refractivity contribution in [1.29, 1.82) is 0 Å². The van der Waals surface area contributed by atoms with Gasteiger partial charge < -0.3 is 45.1 Å². The maximum absolute atomic E-state index is 13.4. The van der Waals surface area contributed by atoms with Crippen LogP contribution in [0.4, 0.5) is 0 Å². The molecule has 8 unspecified atom stereocenters. The Morgan fingerprint density at radius 3 is 1.41 bits per heavy atom. The average Bonchev–Trinajstić information content (AvgIpc) is 3.44. The van der Waals surface area contributed by atoms with Crippen molar-refractivity contribution in [2.45, 2.75) is 327 Å². The number of nitrogens with one attached hydrogen (secondary N) is 1. The van der Waals surface area contributed by atoms with E-state index in [1.165, 1.54) is 128 Å². The molecule has 0 aromatic rings. The summed E-state index contributed by atoms with van der Waals surface area (Å²) in [5, 5.41) is 57.0. The van der Waals surface area contributed by atoms with Crippen LogP contribution in [0.3, 0.4) is 0 Å². The third-order valence-electron chi connectivity index (χ3n) is 14.8. The predicted octanol–water partition coefficient (Wildman–Crippen LogP) is 15.6. The molecule has 11 heteroatoms.